The normalized spacial score (nSPS) is 12.0. The van der Waals surface area contributed by atoms with E-state index < -0.39 is 17.7 Å². The molecule has 0 N–H and O–H groups in total. The van der Waals surface area contributed by atoms with Gasteiger partial charge in [0.15, 0.2) is 0 Å². The van der Waals surface area contributed by atoms with E-state index in [4.69, 9.17) is 4.42 Å². The highest BCUT2D eigenvalue weighted by molar-refractivity contribution is 5.98. The third-order valence-corrected chi connectivity index (χ3v) is 5.14. The lowest BCUT2D eigenvalue weighted by atomic mass is 10.0. The molecular weight excluding hydrogens is 433 g/mol. The molecule has 33 heavy (non-hydrogen) atoms. The number of carbonyl (C=O) groups is 1. The van der Waals surface area contributed by atoms with Gasteiger partial charge in [-0.2, -0.15) is 18.4 Å². The van der Waals surface area contributed by atoms with Gasteiger partial charge < -0.3 is 13.7 Å². The van der Waals surface area contributed by atoms with Crippen LogP contribution in [0.3, 0.4) is 0 Å². The Morgan fingerprint density at radius 1 is 1.12 bits per heavy atom. The third-order valence-electron chi connectivity index (χ3n) is 5.14. The maximum atomic E-state index is 12.9. The van der Waals surface area contributed by atoms with Crippen LogP contribution >= 0.6 is 0 Å². The molecule has 0 radical (unpaired) electrons. The highest BCUT2D eigenvalue weighted by Crippen LogP contribution is 2.31. The minimum Gasteiger partial charge on any atom is -0.463 e. The van der Waals surface area contributed by atoms with Crippen LogP contribution in [0.25, 0.3) is 22.6 Å². The number of halogens is 3. The molecule has 0 fully saturated rings. The Hall–Kier alpha value is -4.25. The van der Waals surface area contributed by atoms with Crippen LogP contribution in [0.15, 0.2) is 71.3 Å². The summed E-state index contributed by atoms with van der Waals surface area (Å²) >= 11 is 0. The standard InChI is InChI=1S/C25H17F3N2O3/c1-32-24(31)23-11-10-20(33-23)15-30-14-18(21-4-2-3-5-22(21)30)12-17(13-29)16-6-8-19(9-7-16)25(26,27)28/h2-12,14H,15H2,1H3/b17-12-. The smallest absolute Gasteiger partial charge is 0.416 e. The first-order chi connectivity index (χ1) is 15.8. The average Bonchev–Trinajstić information content (AvgIpc) is 3.42. The lowest BCUT2D eigenvalue weighted by molar-refractivity contribution is -0.137. The number of rotatable bonds is 5. The van der Waals surface area contributed by atoms with E-state index in [0.717, 1.165) is 28.6 Å². The quantitative estimate of drug-likeness (QED) is 0.270. The van der Waals surface area contributed by atoms with Crippen molar-refractivity contribution in [3.05, 3.63) is 95.1 Å². The van der Waals surface area contributed by atoms with Crippen molar-refractivity contribution in [3.8, 4) is 6.07 Å². The van der Waals surface area contributed by atoms with E-state index in [0.29, 0.717) is 17.9 Å². The Morgan fingerprint density at radius 3 is 2.52 bits per heavy atom. The van der Waals surface area contributed by atoms with Crippen molar-refractivity contribution in [2.75, 3.05) is 7.11 Å². The van der Waals surface area contributed by atoms with Gasteiger partial charge in [0, 0.05) is 22.7 Å². The molecule has 0 aliphatic rings. The van der Waals surface area contributed by atoms with Gasteiger partial charge in [0.2, 0.25) is 5.76 Å². The molecule has 0 unspecified atom stereocenters. The Morgan fingerprint density at radius 2 is 1.85 bits per heavy atom. The number of esters is 1. The molecule has 8 heteroatoms. The number of aromatic nitrogens is 1. The Kier molecular flexibility index (Phi) is 5.80. The predicted octanol–water partition coefficient (Wildman–Crippen LogP) is 6.15. The largest absolute Gasteiger partial charge is 0.463 e. The van der Waals surface area contributed by atoms with Gasteiger partial charge in [-0.3, -0.25) is 0 Å². The van der Waals surface area contributed by atoms with Gasteiger partial charge in [-0.25, -0.2) is 4.79 Å². The van der Waals surface area contributed by atoms with Gasteiger partial charge >= 0.3 is 12.1 Å². The zero-order chi connectivity index (χ0) is 23.6. The number of furan rings is 1. The zero-order valence-corrected chi connectivity index (χ0v) is 17.4. The van der Waals surface area contributed by atoms with E-state index in [9.17, 15) is 23.2 Å². The summed E-state index contributed by atoms with van der Waals surface area (Å²) in [6.07, 6.45) is -0.974. The number of nitrogens with zero attached hydrogens (tertiary/aromatic N) is 2. The van der Waals surface area contributed by atoms with Gasteiger partial charge in [-0.15, -0.1) is 0 Å². The third kappa shape index (κ3) is 4.53. The highest BCUT2D eigenvalue weighted by Gasteiger charge is 2.30. The predicted molar refractivity (Wildman–Crippen MR) is 116 cm³/mol. The lowest BCUT2D eigenvalue weighted by Crippen LogP contribution is -2.04. The number of ether oxygens (including phenoxy) is 1. The molecule has 2 heterocycles. The molecule has 5 nitrogen and oxygen atoms in total. The van der Waals surface area contributed by atoms with Crippen molar-refractivity contribution in [1.82, 2.24) is 4.57 Å². The lowest BCUT2D eigenvalue weighted by Gasteiger charge is -2.07. The van der Waals surface area contributed by atoms with Crippen molar-refractivity contribution in [2.45, 2.75) is 12.7 Å². The monoisotopic (exact) mass is 450 g/mol. The van der Waals surface area contributed by atoms with Crippen LogP contribution in [-0.4, -0.2) is 17.6 Å². The first-order valence-corrected chi connectivity index (χ1v) is 9.84. The van der Waals surface area contributed by atoms with Crippen LogP contribution in [0.1, 0.15) is 33.0 Å². The zero-order valence-electron chi connectivity index (χ0n) is 17.4. The van der Waals surface area contributed by atoms with E-state index in [2.05, 4.69) is 10.8 Å². The molecule has 0 amide bonds. The van der Waals surface area contributed by atoms with E-state index in [1.165, 1.54) is 25.3 Å². The maximum Gasteiger partial charge on any atom is 0.416 e. The molecule has 4 rings (SSSR count). The van der Waals surface area contributed by atoms with Crippen molar-refractivity contribution >= 4 is 28.5 Å². The van der Waals surface area contributed by atoms with Gasteiger partial charge in [0.05, 0.1) is 30.9 Å². The number of hydrogen-bond acceptors (Lipinski definition) is 4. The Labute approximate surface area is 186 Å². The number of methoxy groups -OCH3 is 1. The van der Waals surface area contributed by atoms with Crippen LogP contribution in [0.5, 0.6) is 0 Å². The van der Waals surface area contributed by atoms with Crippen LogP contribution in [0.4, 0.5) is 13.2 Å². The van der Waals surface area contributed by atoms with Crippen molar-refractivity contribution in [2.24, 2.45) is 0 Å². The molecule has 0 aliphatic heterocycles. The van der Waals surface area contributed by atoms with Crippen LogP contribution in [-0.2, 0) is 17.5 Å². The number of alkyl halides is 3. The fourth-order valence-electron chi connectivity index (χ4n) is 3.54. The summed E-state index contributed by atoms with van der Waals surface area (Å²) in [6, 6.07) is 17.3. The maximum absolute atomic E-state index is 12.9. The molecule has 2 aromatic carbocycles. The summed E-state index contributed by atoms with van der Waals surface area (Å²) in [7, 11) is 1.27. The number of nitriles is 1. The molecule has 0 aliphatic carbocycles. The van der Waals surface area contributed by atoms with Crippen molar-refractivity contribution < 1.29 is 27.1 Å². The fraction of sp³-hybridized carbons (Fsp3) is 0.120. The number of allylic oxidation sites excluding steroid dienone is 1. The number of carbonyl (C=O) groups excluding carboxylic acids is 1. The number of hydrogen-bond donors (Lipinski definition) is 0. The summed E-state index contributed by atoms with van der Waals surface area (Å²) in [6.45, 7) is 0.327. The minimum absolute atomic E-state index is 0.0955. The summed E-state index contributed by atoms with van der Waals surface area (Å²) in [5.41, 5.74) is 1.44. The number of para-hydroxylation sites is 1. The van der Waals surface area contributed by atoms with Crippen LogP contribution < -0.4 is 0 Å². The summed E-state index contributed by atoms with van der Waals surface area (Å²) < 4.78 is 50.7. The van der Waals surface area contributed by atoms with Gasteiger partial charge in [0.25, 0.3) is 0 Å². The second-order valence-corrected chi connectivity index (χ2v) is 7.23. The molecule has 0 spiro atoms. The highest BCUT2D eigenvalue weighted by atomic mass is 19.4. The molecule has 4 aromatic rings. The van der Waals surface area contributed by atoms with Gasteiger partial charge in [-0.1, -0.05) is 30.3 Å². The van der Waals surface area contributed by atoms with Crippen molar-refractivity contribution in [1.29, 1.82) is 5.26 Å². The second-order valence-electron chi connectivity index (χ2n) is 7.23. The summed E-state index contributed by atoms with van der Waals surface area (Å²) in [4.78, 5) is 11.6. The Bertz CT molecular complexity index is 1390. The van der Waals surface area contributed by atoms with Gasteiger partial charge in [0.1, 0.15) is 5.76 Å². The molecular formula is C25H17F3N2O3. The fourth-order valence-corrected chi connectivity index (χ4v) is 3.54. The van der Waals surface area contributed by atoms with E-state index in [-0.39, 0.29) is 11.3 Å². The molecule has 0 saturated carbocycles. The Balaban J connectivity index is 1.71. The van der Waals surface area contributed by atoms with E-state index in [1.807, 2.05) is 35.0 Å². The first kappa shape index (κ1) is 22.0. The first-order valence-electron chi connectivity index (χ1n) is 9.84. The number of benzene rings is 2. The molecule has 0 atom stereocenters. The summed E-state index contributed by atoms with van der Waals surface area (Å²) in [5, 5.41) is 10.5. The SMILES string of the molecule is COC(=O)c1ccc(Cn2cc(/C=C(/C#N)c3ccc(C(F)(F)F)cc3)c3ccccc32)o1. The topological polar surface area (TPSA) is 68.2 Å². The molecule has 166 valence electrons. The molecule has 0 saturated heterocycles. The van der Waals surface area contributed by atoms with Crippen molar-refractivity contribution in [3.63, 3.8) is 0 Å². The number of fused-ring (bicyclic) bond motifs is 1. The van der Waals surface area contributed by atoms with Crippen LogP contribution in [0.2, 0.25) is 0 Å². The molecule has 2 aromatic heterocycles. The van der Waals surface area contributed by atoms with E-state index in [1.54, 1.807) is 12.1 Å². The second kappa shape index (κ2) is 8.71. The minimum atomic E-state index is -4.44. The summed E-state index contributed by atoms with van der Waals surface area (Å²) in [5.74, 6) is 0.0607. The molecule has 0 bridgehead atoms. The van der Waals surface area contributed by atoms with E-state index >= 15 is 0 Å². The van der Waals surface area contributed by atoms with Crippen LogP contribution in [0, 0.1) is 11.3 Å². The average molecular weight is 450 g/mol. The van der Waals surface area contributed by atoms with Gasteiger partial charge in [-0.05, 0) is 42.0 Å².